The van der Waals surface area contributed by atoms with Crippen molar-refractivity contribution >= 4 is 0 Å². The van der Waals surface area contributed by atoms with E-state index in [2.05, 4.69) is 4.98 Å². The van der Waals surface area contributed by atoms with Crippen LogP contribution in [0, 0.1) is 20.8 Å². The SMILES string of the molecule is CCn1c(-c2ccc(Oc3ncccc3C)cc2C)c(C)c(=O)n(CO)c1=O. The lowest BCUT2D eigenvalue weighted by molar-refractivity contribution is 0.197. The molecule has 0 unspecified atom stereocenters. The lowest BCUT2D eigenvalue weighted by atomic mass is 10.0. The normalized spacial score (nSPS) is 10.9. The molecule has 7 nitrogen and oxygen atoms in total. The quantitative estimate of drug-likeness (QED) is 0.734. The van der Waals surface area contributed by atoms with E-state index in [9.17, 15) is 14.7 Å². The van der Waals surface area contributed by atoms with E-state index in [1.807, 2.05) is 45.0 Å². The van der Waals surface area contributed by atoms with E-state index in [-0.39, 0.29) is 0 Å². The minimum Gasteiger partial charge on any atom is -0.439 e. The summed E-state index contributed by atoms with van der Waals surface area (Å²) in [4.78, 5) is 29.3. The Morgan fingerprint density at radius 1 is 1.07 bits per heavy atom. The molecule has 3 rings (SSSR count). The molecule has 2 heterocycles. The van der Waals surface area contributed by atoms with Crippen molar-refractivity contribution in [3.05, 3.63) is 74.1 Å². The van der Waals surface area contributed by atoms with Crippen molar-refractivity contribution in [1.29, 1.82) is 0 Å². The highest BCUT2D eigenvalue weighted by atomic mass is 16.5. The number of aryl methyl sites for hydroxylation is 2. The minimum absolute atomic E-state index is 0.375. The van der Waals surface area contributed by atoms with E-state index in [0.717, 1.165) is 21.3 Å². The predicted octanol–water partition coefficient (Wildman–Crippen LogP) is 2.76. The Morgan fingerprint density at radius 2 is 1.82 bits per heavy atom. The molecule has 0 radical (unpaired) electrons. The molecule has 0 spiro atoms. The topological polar surface area (TPSA) is 86.3 Å². The highest BCUT2D eigenvalue weighted by molar-refractivity contribution is 5.68. The molecule has 1 aromatic carbocycles. The maximum absolute atomic E-state index is 12.6. The zero-order chi connectivity index (χ0) is 20.4. The number of aliphatic hydroxyl groups excluding tert-OH is 1. The number of hydrogen-bond acceptors (Lipinski definition) is 5. The summed E-state index contributed by atoms with van der Waals surface area (Å²) in [7, 11) is 0. The number of nitrogens with zero attached hydrogens (tertiary/aromatic N) is 3. The number of benzene rings is 1. The molecular weight excluding hydrogens is 358 g/mol. The molecule has 0 aliphatic rings. The summed E-state index contributed by atoms with van der Waals surface area (Å²) >= 11 is 0. The summed E-state index contributed by atoms with van der Waals surface area (Å²) in [5.74, 6) is 1.15. The second-order valence-electron chi connectivity index (χ2n) is 6.58. The number of rotatable bonds is 5. The maximum atomic E-state index is 12.6. The summed E-state index contributed by atoms with van der Waals surface area (Å²) < 4.78 is 8.20. The smallest absolute Gasteiger partial charge is 0.333 e. The van der Waals surface area contributed by atoms with Crippen LogP contribution in [-0.4, -0.2) is 19.2 Å². The molecule has 0 bridgehead atoms. The van der Waals surface area contributed by atoms with Crippen LogP contribution in [0.3, 0.4) is 0 Å². The van der Waals surface area contributed by atoms with Gasteiger partial charge in [0.2, 0.25) is 5.88 Å². The molecule has 0 fully saturated rings. The Hall–Kier alpha value is -3.19. The monoisotopic (exact) mass is 381 g/mol. The van der Waals surface area contributed by atoms with E-state index in [1.54, 1.807) is 19.2 Å². The van der Waals surface area contributed by atoms with Crippen molar-refractivity contribution in [2.45, 2.75) is 41.0 Å². The van der Waals surface area contributed by atoms with Crippen LogP contribution in [0.1, 0.15) is 23.6 Å². The van der Waals surface area contributed by atoms with Gasteiger partial charge in [0.05, 0.1) is 5.69 Å². The standard InChI is InChI=1S/C21H23N3O4/c1-5-23-18(15(4)20(26)24(12-25)21(23)27)17-9-8-16(11-14(17)3)28-19-13(2)7-6-10-22-19/h6-11,25H,5,12H2,1-4H3. The lowest BCUT2D eigenvalue weighted by Crippen LogP contribution is -2.42. The number of aliphatic hydroxyl groups is 1. The van der Waals surface area contributed by atoms with Crippen LogP contribution < -0.4 is 16.0 Å². The average Bonchev–Trinajstić information content (AvgIpc) is 2.67. The highest BCUT2D eigenvalue weighted by Crippen LogP contribution is 2.30. The Labute approximate surface area is 162 Å². The highest BCUT2D eigenvalue weighted by Gasteiger charge is 2.18. The Kier molecular flexibility index (Phi) is 5.46. The predicted molar refractivity (Wildman–Crippen MR) is 107 cm³/mol. The molecule has 0 aliphatic heterocycles. The third kappa shape index (κ3) is 3.36. The largest absolute Gasteiger partial charge is 0.439 e. The summed E-state index contributed by atoms with van der Waals surface area (Å²) in [5.41, 5.74) is 2.50. The van der Waals surface area contributed by atoms with Crippen molar-refractivity contribution in [3.8, 4) is 22.9 Å². The molecule has 0 saturated carbocycles. The first-order valence-corrected chi connectivity index (χ1v) is 9.04. The molecule has 0 atom stereocenters. The average molecular weight is 381 g/mol. The van der Waals surface area contributed by atoms with Crippen LogP contribution in [-0.2, 0) is 13.3 Å². The molecular formula is C21H23N3O4. The Morgan fingerprint density at radius 3 is 2.43 bits per heavy atom. The zero-order valence-corrected chi connectivity index (χ0v) is 16.4. The first-order chi connectivity index (χ1) is 13.4. The van der Waals surface area contributed by atoms with Gasteiger partial charge in [0.15, 0.2) is 0 Å². The van der Waals surface area contributed by atoms with Gasteiger partial charge < -0.3 is 9.84 Å². The van der Waals surface area contributed by atoms with E-state index in [4.69, 9.17) is 4.74 Å². The van der Waals surface area contributed by atoms with Crippen LogP contribution in [0.4, 0.5) is 0 Å². The second-order valence-corrected chi connectivity index (χ2v) is 6.58. The van der Waals surface area contributed by atoms with Gasteiger partial charge in [0.25, 0.3) is 5.56 Å². The molecule has 7 heteroatoms. The molecule has 0 aliphatic carbocycles. The van der Waals surface area contributed by atoms with Gasteiger partial charge in [-0.3, -0.25) is 9.36 Å². The molecule has 146 valence electrons. The van der Waals surface area contributed by atoms with Gasteiger partial charge in [-0.15, -0.1) is 0 Å². The van der Waals surface area contributed by atoms with Crippen molar-refractivity contribution in [2.75, 3.05) is 0 Å². The van der Waals surface area contributed by atoms with Crippen molar-refractivity contribution in [1.82, 2.24) is 14.1 Å². The van der Waals surface area contributed by atoms with Gasteiger partial charge in [0, 0.05) is 29.4 Å². The lowest BCUT2D eigenvalue weighted by Gasteiger charge is -2.18. The van der Waals surface area contributed by atoms with Crippen LogP contribution in [0.2, 0.25) is 0 Å². The van der Waals surface area contributed by atoms with Crippen molar-refractivity contribution in [2.24, 2.45) is 0 Å². The van der Waals surface area contributed by atoms with Gasteiger partial charge >= 0.3 is 5.69 Å². The van der Waals surface area contributed by atoms with Crippen molar-refractivity contribution < 1.29 is 9.84 Å². The first kappa shape index (κ1) is 19.6. The third-order valence-electron chi connectivity index (χ3n) is 4.74. The summed E-state index contributed by atoms with van der Waals surface area (Å²) in [6.45, 7) is 7.04. The van der Waals surface area contributed by atoms with Crippen LogP contribution >= 0.6 is 0 Å². The summed E-state index contributed by atoms with van der Waals surface area (Å²) in [6, 6.07) is 9.24. The minimum atomic E-state index is -0.645. The fourth-order valence-corrected chi connectivity index (χ4v) is 3.25. The summed E-state index contributed by atoms with van der Waals surface area (Å²) in [6.07, 6.45) is 1.67. The maximum Gasteiger partial charge on any atom is 0.333 e. The van der Waals surface area contributed by atoms with Gasteiger partial charge in [-0.1, -0.05) is 6.07 Å². The van der Waals surface area contributed by atoms with E-state index < -0.39 is 18.0 Å². The number of hydrogen-bond donors (Lipinski definition) is 1. The van der Waals surface area contributed by atoms with Crippen LogP contribution in [0.5, 0.6) is 11.6 Å². The van der Waals surface area contributed by atoms with E-state index in [0.29, 0.717) is 29.4 Å². The molecule has 28 heavy (non-hydrogen) atoms. The molecule has 1 N–H and O–H groups in total. The van der Waals surface area contributed by atoms with E-state index >= 15 is 0 Å². The van der Waals surface area contributed by atoms with Crippen molar-refractivity contribution in [3.63, 3.8) is 0 Å². The molecule has 2 aromatic heterocycles. The fraction of sp³-hybridized carbons (Fsp3) is 0.286. The third-order valence-corrected chi connectivity index (χ3v) is 4.74. The number of aromatic nitrogens is 3. The summed E-state index contributed by atoms with van der Waals surface area (Å²) in [5, 5.41) is 9.39. The molecule has 0 saturated heterocycles. The van der Waals surface area contributed by atoms with Gasteiger partial charge in [0.1, 0.15) is 12.5 Å². The number of ether oxygens (including phenoxy) is 1. The van der Waals surface area contributed by atoms with Gasteiger partial charge in [-0.25, -0.2) is 14.3 Å². The Bertz CT molecular complexity index is 1150. The Balaban J connectivity index is 2.12. The second kappa shape index (κ2) is 7.82. The number of pyridine rings is 1. The van der Waals surface area contributed by atoms with Crippen LogP contribution in [0.15, 0.2) is 46.1 Å². The van der Waals surface area contributed by atoms with Gasteiger partial charge in [-0.2, -0.15) is 0 Å². The zero-order valence-electron chi connectivity index (χ0n) is 16.4. The first-order valence-electron chi connectivity index (χ1n) is 9.04. The molecule has 0 amide bonds. The fourth-order valence-electron chi connectivity index (χ4n) is 3.25. The van der Waals surface area contributed by atoms with Gasteiger partial charge in [-0.05, 0) is 57.5 Å². The van der Waals surface area contributed by atoms with E-state index in [1.165, 1.54) is 4.57 Å². The molecule has 3 aromatic rings. The van der Waals surface area contributed by atoms with Crippen LogP contribution in [0.25, 0.3) is 11.3 Å².